The molecule has 3 N–H and O–H groups in total. The lowest BCUT2D eigenvalue weighted by molar-refractivity contribution is -0.789. The molecule has 0 saturated heterocycles. The molecule has 0 saturated carbocycles. The molecule has 0 fully saturated rings. The second kappa shape index (κ2) is 2.70. The van der Waals surface area contributed by atoms with E-state index in [9.17, 15) is 4.79 Å². The maximum atomic E-state index is 10.9. The summed E-state index contributed by atoms with van der Waals surface area (Å²) in [7, 11) is 5.09. The summed E-state index contributed by atoms with van der Waals surface area (Å²) in [5.41, 5.74) is 4.88. The number of hydrogen-bond acceptors (Lipinski definition) is 3. The summed E-state index contributed by atoms with van der Waals surface area (Å²) in [6.45, 7) is 0. The van der Waals surface area contributed by atoms with Gasteiger partial charge in [0.05, 0.1) is 21.1 Å². The monoisotopic (exact) mass is 145 g/mol. The Morgan fingerprint density at radius 2 is 1.90 bits per heavy atom. The van der Waals surface area contributed by atoms with Gasteiger partial charge in [0.15, 0.2) is 5.88 Å². The van der Waals surface area contributed by atoms with Gasteiger partial charge in [-0.05, 0) is 0 Å². The Balaban J connectivity index is 4.27. The molecule has 0 rings (SSSR count). The highest BCUT2D eigenvalue weighted by Gasteiger charge is 2.17. The van der Waals surface area contributed by atoms with Gasteiger partial charge >= 0.3 is 5.91 Å². The Morgan fingerprint density at radius 1 is 1.50 bits per heavy atom. The van der Waals surface area contributed by atoms with Crippen molar-refractivity contribution in [1.29, 1.82) is 0 Å². The average Bonchev–Trinajstić information content (AvgIpc) is 1.60. The minimum atomic E-state index is -0.446. The normalized spacial score (nSPS) is 13.3. The molecular formula is C6H13N2O2+. The number of carbonyl (C=O) groups excluding carboxylic acids is 1. The molecule has 0 aliphatic rings. The molecule has 4 heteroatoms. The SMILES string of the molecule is C[N+](C)(C)C(=O)C=C(N)O. The molecule has 0 aromatic heterocycles. The quantitative estimate of drug-likeness (QED) is 0.299. The Kier molecular flexibility index (Phi) is 2.42. The number of likely N-dealkylation sites (N-methyl/N-ethyl adjacent to an activating group) is 1. The van der Waals surface area contributed by atoms with Crippen molar-refractivity contribution >= 4 is 5.91 Å². The number of aliphatic hydroxyl groups excluding tert-OH is 1. The second-order valence-electron chi connectivity index (χ2n) is 2.92. The van der Waals surface area contributed by atoms with E-state index in [0.29, 0.717) is 0 Å². The molecule has 0 aliphatic heterocycles. The summed E-state index contributed by atoms with van der Waals surface area (Å²) in [6, 6.07) is 0. The molecule has 1 amide bonds. The topological polar surface area (TPSA) is 63.3 Å². The molecular weight excluding hydrogens is 132 g/mol. The molecule has 0 heterocycles. The zero-order chi connectivity index (χ0) is 8.36. The molecule has 0 bridgehead atoms. The van der Waals surface area contributed by atoms with Crippen LogP contribution in [0.25, 0.3) is 0 Å². The first-order valence-corrected chi connectivity index (χ1v) is 2.86. The number of amides is 1. The van der Waals surface area contributed by atoms with Gasteiger partial charge < -0.3 is 10.8 Å². The Labute approximate surface area is 60.1 Å². The van der Waals surface area contributed by atoms with Gasteiger partial charge in [-0.2, -0.15) is 0 Å². The zero-order valence-corrected chi connectivity index (χ0v) is 6.46. The van der Waals surface area contributed by atoms with Crippen LogP contribution in [0, 0.1) is 0 Å². The van der Waals surface area contributed by atoms with Gasteiger partial charge in [-0.15, -0.1) is 0 Å². The van der Waals surface area contributed by atoms with E-state index < -0.39 is 5.88 Å². The van der Waals surface area contributed by atoms with E-state index in [1.165, 1.54) is 0 Å². The minimum Gasteiger partial charge on any atom is -0.495 e. The van der Waals surface area contributed by atoms with Crippen molar-refractivity contribution in [3.05, 3.63) is 12.0 Å². The van der Waals surface area contributed by atoms with Crippen molar-refractivity contribution in [2.75, 3.05) is 21.1 Å². The van der Waals surface area contributed by atoms with Crippen LogP contribution in [0.5, 0.6) is 0 Å². The molecule has 0 atom stereocenters. The molecule has 0 aromatic carbocycles. The zero-order valence-electron chi connectivity index (χ0n) is 6.46. The Hall–Kier alpha value is -1.03. The van der Waals surface area contributed by atoms with Gasteiger partial charge in [0, 0.05) is 0 Å². The van der Waals surface area contributed by atoms with Crippen molar-refractivity contribution in [2.45, 2.75) is 0 Å². The number of hydrogen-bond donors (Lipinski definition) is 2. The molecule has 4 nitrogen and oxygen atoms in total. The van der Waals surface area contributed by atoms with E-state index in [-0.39, 0.29) is 10.4 Å². The minimum absolute atomic E-state index is 0.126. The van der Waals surface area contributed by atoms with Crippen LogP contribution in [0.15, 0.2) is 12.0 Å². The fraction of sp³-hybridized carbons (Fsp3) is 0.500. The first kappa shape index (κ1) is 8.97. The van der Waals surface area contributed by atoms with Crippen LogP contribution in [0.2, 0.25) is 0 Å². The highest BCUT2D eigenvalue weighted by molar-refractivity contribution is 5.81. The van der Waals surface area contributed by atoms with Crippen LogP contribution in [0.1, 0.15) is 0 Å². The van der Waals surface area contributed by atoms with E-state index >= 15 is 0 Å². The molecule has 10 heavy (non-hydrogen) atoms. The summed E-state index contributed by atoms with van der Waals surface area (Å²) >= 11 is 0. The van der Waals surface area contributed by atoms with E-state index in [1.807, 2.05) is 0 Å². The Bertz CT molecular complexity index is 163. The van der Waals surface area contributed by atoms with Crippen LogP contribution >= 0.6 is 0 Å². The summed E-state index contributed by atoms with van der Waals surface area (Å²) in [5, 5.41) is 8.49. The number of aliphatic hydroxyl groups is 1. The average molecular weight is 145 g/mol. The fourth-order valence-corrected chi connectivity index (χ4v) is 0.320. The standard InChI is InChI=1S/C6H12N2O2/c1-8(2,3)6(10)4-5(7)9/h4H,1-3H3,(H2-,7,9,10)/p+1. The molecule has 0 unspecified atom stereocenters. The van der Waals surface area contributed by atoms with Crippen LogP contribution in [0.4, 0.5) is 0 Å². The first-order chi connectivity index (χ1) is 4.34. The predicted octanol–water partition coefficient (Wildman–Crippen LogP) is -0.423. The van der Waals surface area contributed by atoms with Gasteiger partial charge in [0.1, 0.15) is 6.08 Å². The van der Waals surface area contributed by atoms with Crippen LogP contribution in [-0.2, 0) is 4.79 Å². The fourth-order valence-electron chi connectivity index (χ4n) is 0.320. The summed E-state index contributed by atoms with van der Waals surface area (Å²) in [6.07, 6.45) is 1.00. The second-order valence-corrected chi connectivity index (χ2v) is 2.92. The molecule has 0 aromatic rings. The van der Waals surface area contributed by atoms with Crippen LogP contribution < -0.4 is 5.73 Å². The van der Waals surface area contributed by atoms with Gasteiger partial charge in [0.25, 0.3) is 0 Å². The van der Waals surface area contributed by atoms with Crippen molar-refractivity contribution in [3.63, 3.8) is 0 Å². The van der Waals surface area contributed by atoms with E-state index in [4.69, 9.17) is 10.8 Å². The smallest absolute Gasteiger partial charge is 0.343 e. The predicted molar refractivity (Wildman–Crippen MR) is 37.9 cm³/mol. The molecule has 58 valence electrons. The summed E-state index contributed by atoms with van der Waals surface area (Å²) in [5.74, 6) is -0.682. The molecule has 0 radical (unpaired) electrons. The van der Waals surface area contributed by atoms with Gasteiger partial charge in [-0.3, -0.25) is 4.48 Å². The van der Waals surface area contributed by atoms with Crippen molar-refractivity contribution in [3.8, 4) is 0 Å². The first-order valence-electron chi connectivity index (χ1n) is 2.86. The highest BCUT2D eigenvalue weighted by Crippen LogP contribution is 1.93. The van der Waals surface area contributed by atoms with Crippen molar-refractivity contribution in [2.24, 2.45) is 5.73 Å². The number of nitrogens with two attached hydrogens (primary N) is 1. The van der Waals surface area contributed by atoms with E-state index in [0.717, 1.165) is 6.08 Å². The summed E-state index contributed by atoms with van der Waals surface area (Å²) in [4.78, 5) is 10.9. The maximum Gasteiger partial charge on any atom is 0.343 e. The third-order valence-corrected chi connectivity index (χ3v) is 0.933. The lowest BCUT2D eigenvalue weighted by atomic mass is 10.4. The number of carbonyl (C=O) groups is 1. The number of nitrogens with zero attached hydrogens (tertiary/aromatic N) is 1. The van der Waals surface area contributed by atoms with Crippen molar-refractivity contribution < 1.29 is 14.4 Å². The van der Waals surface area contributed by atoms with Gasteiger partial charge in [0.2, 0.25) is 0 Å². The highest BCUT2D eigenvalue weighted by atomic mass is 16.3. The van der Waals surface area contributed by atoms with E-state index in [2.05, 4.69) is 0 Å². The number of rotatable bonds is 1. The summed E-state index contributed by atoms with van der Waals surface area (Å²) < 4.78 is 0.126. The maximum absolute atomic E-state index is 10.9. The van der Waals surface area contributed by atoms with E-state index in [1.54, 1.807) is 21.1 Å². The van der Waals surface area contributed by atoms with Crippen LogP contribution in [-0.4, -0.2) is 36.6 Å². The lowest BCUT2D eigenvalue weighted by Gasteiger charge is -2.17. The number of quaternary nitrogens is 1. The van der Waals surface area contributed by atoms with Gasteiger partial charge in [-0.1, -0.05) is 0 Å². The van der Waals surface area contributed by atoms with Gasteiger partial charge in [-0.25, -0.2) is 4.79 Å². The third kappa shape index (κ3) is 3.09. The van der Waals surface area contributed by atoms with Crippen LogP contribution in [0.3, 0.4) is 0 Å². The molecule has 0 spiro atoms. The third-order valence-electron chi connectivity index (χ3n) is 0.933. The van der Waals surface area contributed by atoms with Crippen molar-refractivity contribution in [1.82, 2.24) is 0 Å². The molecule has 0 aliphatic carbocycles. The Morgan fingerprint density at radius 3 is 2.00 bits per heavy atom. The lowest BCUT2D eigenvalue weighted by Crippen LogP contribution is -2.40. The largest absolute Gasteiger partial charge is 0.495 e.